The van der Waals surface area contributed by atoms with Crippen LogP contribution in [0.1, 0.15) is 32.3 Å². The number of ether oxygens (including phenoxy) is 1. The van der Waals surface area contributed by atoms with Crippen LogP contribution in [0.3, 0.4) is 0 Å². The second kappa shape index (κ2) is 11.3. The molecule has 0 heterocycles. The number of amides is 1. The first-order chi connectivity index (χ1) is 11.2. The van der Waals surface area contributed by atoms with Gasteiger partial charge in [0.25, 0.3) is 0 Å². The van der Waals surface area contributed by atoms with Gasteiger partial charge in [0.05, 0.1) is 18.4 Å². The van der Waals surface area contributed by atoms with Crippen LogP contribution >= 0.6 is 12.4 Å². The van der Waals surface area contributed by atoms with Gasteiger partial charge in [0, 0.05) is 18.4 Å². The summed E-state index contributed by atoms with van der Waals surface area (Å²) in [5.41, 5.74) is 6.60. The molecule has 1 amide bonds. The van der Waals surface area contributed by atoms with Crippen molar-refractivity contribution in [1.82, 2.24) is 5.32 Å². The van der Waals surface area contributed by atoms with Crippen molar-refractivity contribution in [3.05, 3.63) is 29.8 Å². The zero-order valence-corrected chi connectivity index (χ0v) is 16.7. The Hall–Kier alpha value is -1.31. The summed E-state index contributed by atoms with van der Waals surface area (Å²) in [6.45, 7) is 5.18. The Morgan fingerprint density at radius 3 is 2.48 bits per heavy atom. The van der Waals surface area contributed by atoms with Crippen LogP contribution in [-0.2, 0) is 21.2 Å². The normalized spacial score (nSPS) is 12.4. The van der Waals surface area contributed by atoms with Gasteiger partial charge >= 0.3 is 0 Å². The van der Waals surface area contributed by atoms with Crippen LogP contribution in [-0.4, -0.2) is 39.0 Å². The number of benzene rings is 1. The Labute approximate surface area is 156 Å². The summed E-state index contributed by atoms with van der Waals surface area (Å²) in [7, 11) is -3.12. The standard InChI is InChI=1S/C17H28N2O4S.ClH/c1-13(2)8-10-23-16-7-5-4-6-14(16)12-19-17(20)15(18)9-11-24(3,21)22;/h4-7,13,15H,8-12,18H2,1-3H3,(H,19,20);1H. The third-order valence-corrected chi connectivity index (χ3v) is 4.49. The van der Waals surface area contributed by atoms with E-state index in [2.05, 4.69) is 19.2 Å². The molecule has 8 heteroatoms. The topological polar surface area (TPSA) is 98.5 Å². The lowest BCUT2D eigenvalue weighted by atomic mass is 10.1. The molecule has 3 N–H and O–H groups in total. The SMILES string of the molecule is CC(C)CCOc1ccccc1CNC(=O)C(N)CCS(C)(=O)=O.Cl. The van der Waals surface area contributed by atoms with Crippen LogP contribution in [0.15, 0.2) is 24.3 Å². The Bertz CT molecular complexity index is 635. The number of nitrogens with one attached hydrogen (secondary N) is 1. The molecule has 0 bridgehead atoms. The van der Waals surface area contributed by atoms with E-state index in [1.807, 2.05) is 24.3 Å². The number of carbonyl (C=O) groups excluding carboxylic acids is 1. The molecule has 0 aliphatic carbocycles. The van der Waals surface area contributed by atoms with Crippen molar-refractivity contribution < 1.29 is 17.9 Å². The zero-order chi connectivity index (χ0) is 18.2. The predicted molar refractivity (Wildman–Crippen MR) is 103 cm³/mol. The minimum absolute atomic E-state index is 0. The number of carbonyl (C=O) groups is 1. The lowest BCUT2D eigenvalue weighted by molar-refractivity contribution is -0.122. The van der Waals surface area contributed by atoms with Crippen LogP contribution < -0.4 is 15.8 Å². The highest BCUT2D eigenvalue weighted by Crippen LogP contribution is 2.18. The Morgan fingerprint density at radius 2 is 1.88 bits per heavy atom. The minimum Gasteiger partial charge on any atom is -0.493 e. The molecule has 0 aliphatic rings. The molecule has 0 spiro atoms. The quantitative estimate of drug-likeness (QED) is 0.633. The zero-order valence-electron chi connectivity index (χ0n) is 15.0. The molecular weight excluding hydrogens is 364 g/mol. The molecule has 6 nitrogen and oxygen atoms in total. The number of halogens is 1. The Kier molecular flexibility index (Phi) is 10.7. The van der Waals surface area contributed by atoms with Gasteiger partial charge in [-0.1, -0.05) is 32.0 Å². The van der Waals surface area contributed by atoms with E-state index >= 15 is 0 Å². The summed E-state index contributed by atoms with van der Waals surface area (Å²) in [5, 5.41) is 2.74. The summed E-state index contributed by atoms with van der Waals surface area (Å²) in [4.78, 5) is 12.0. The van der Waals surface area contributed by atoms with Crippen LogP contribution in [0.5, 0.6) is 5.75 Å². The molecule has 1 atom stereocenters. The van der Waals surface area contributed by atoms with E-state index in [1.165, 1.54) is 0 Å². The van der Waals surface area contributed by atoms with Crippen LogP contribution in [0.2, 0.25) is 0 Å². The molecule has 25 heavy (non-hydrogen) atoms. The molecule has 0 aromatic heterocycles. The first-order valence-corrected chi connectivity index (χ1v) is 10.2. The average Bonchev–Trinajstić information content (AvgIpc) is 2.50. The maximum absolute atomic E-state index is 12.0. The van der Waals surface area contributed by atoms with Crippen LogP contribution in [0.25, 0.3) is 0 Å². The fourth-order valence-corrected chi connectivity index (χ4v) is 2.66. The third kappa shape index (κ3) is 10.3. The Balaban J connectivity index is 0.00000576. The second-order valence-electron chi connectivity index (χ2n) is 6.38. The van der Waals surface area contributed by atoms with Crippen molar-refractivity contribution in [2.75, 3.05) is 18.6 Å². The highest BCUT2D eigenvalue weighted by molar-refractivity contribution is 7.90. The number of rotatable bonds is 10. The highest BCUT2D eigenvalue weighted by atomic mass is 35.5. The molecular formula is C17H29ClN2O4S. The molecule has 0 fully saturated rings. The largest absolute Gasteiger partial charge is 0.493 e. The summed E-state index contributed by atoms with van der Waals surface area (Å²) in [5.74, 6) is 0.833. The highest BCUT2D eigenvalue weighted by Gasteiger charge is 2.16. The number of hydrogen-bond acceptors (Lipinski definition) is 5. The molecule has 1 aromatic rings. The van der Waals surface area contributed by atoms with Gasteiger partial charge in [-0.25, -0.2) is 8.42 Å². The molecule has 1 rings (SSSR count). The van der Waals surface area contributed by atoms with Crippen LogP contribution in [0.4, 0.5) is 0 Å². The number of sulfone groups is 1. The Morgan fingerprint density at radius 1 is 1.24 bits per heavy atom. The predicted octanol–water partition coefficient (Wildman–Crippen LogP) is 1.91. The number of hydrogen-bond donors (Lipinski definition) is 2. The van der Waals surface area contributed by atoms with Crippen LogP contribution in [0, 0.1) is 5.92 Å². The van der Waals surface area contributed by atoms with Gasteiger partial charge < -0.3 is 15.8 Å². The van der Waals surface area contributed by atoms with Crippen molar-refractivity contribution in [3.63, 3.8) is 0 Å². The minimum atomic E-state index is -3.12. The van der Waals surface area contributed by atoms with Gasteiger partial charge in [0.1, 0.15) is 15.6 Å². The van der Waals surface area contributed by atoms with Gasteiger partial charge in [-0.05, 0) is 24.8 Å². The van der Waals surface area contributed by atoms with E-state index in [0.717, 1.165) is 24.0 Å². The van der Waals surface area contributed by atoms with E-state index in [4.69, 9.17) is 10.5 Å². The maximum Gasteiger partial charge on any atom is 0.237 e. The monoisotopic (exact) mass is 392 g/mol. The van der Waals surface area contributed by atoms with Crippen molar-refractivity contribution >= 4 is 28.2 Å². The molecule has 0 radical (unpaired) electrons. The lowest BCUT2D eigenvalue weighted by Gasteiger charge is -2.15. The average molecular weight is 393 g/mol. The molecule has 0 aliphatic heterocycles. The van der Waals surface area contributed by atoms with E-state index < -0.39 is 15.9 Å². The van der Waals surface area contributed by atoms with Gasteiger partial charge in [-0.2, -0.15) is 0 Å². The molecule has 0 saturated heterocycles. The van der Waals surface area contributed by atoms with E-state index in [1.54, 1.807) is 0 Å². The summed E-state index contributed by atoms with van der Waals surface area (Å²) >= 11 is 0. The summed E-state index contributed by atoms with van der Waals surface area (Å²) in [6, 6.07) is 6.67. The van der Waals surface area contributed by atoms with Gasteiger partial charge in [0.15, 0.2) is 0 Å². The summed E-state index contributed by atoms with van der Waals surface area (Å²) in [6.07, 6.45) is 2.19. The smallest absolute Gasteiger partial charge is 0.237 e. The second-order valence-corrected chi connectivity index (χ2v) is 8.64. The lowest BCUT2D eigenvalue weighted by Crippen LogP contribution is -2.41. The van der Waals surface area contributed by atoms with Gasteiger partial charge in [0.2, 0.25) is 5.91 Å². The molecule has 0 saturated carbocycles. The van der Waals surface area contributed by atoms with E-state index in [-0.39, 0.29) is 30.5 Å². The summed E-state index contributed by atoms with van der Waals surface area (Å²) < 4.78 is 28.0. The molecule has 144 valence electrons. The van der Waals surface area contributed by atoms with E-state index in [0.29, 0.717) is 19.1 Å². The fraction of sp³-hybridized carbons (Fsp3) is 0.588. The van der Waals surface area contributed by atoms with Crippen molar-refractivity contribution in [2.45, 2.75) is 39.3 Å². The van der Waals surface area contributed by atoms with Crippen molar-refractivity contribution in [3.8, 4) is 5.75 Å². The fourth-order valence-electron chi connectivity index (χ4n) is 1.98. The third-order valence-electron chi connectivity index (χ3n) is 3.51. The molecule has 1 unspecified atom stereocenters. The van der Waals surface area contributed by atoms with Gasteiger partial charge in [-0.15, -0.1) is 12.4 Å². The van der Waals surface area contributed by atoms with Crippen molar-refractivity contribution in [2.24, 2.45) is 11.7 Å². The van der Waals surface area contributed by atoms with E-state index in [9.17, 15) is 13.2 Å². The first kappa shape index (κ1) is 23.7. The van der Waals surface area contributed by atoms with Crippen molar-refractivity contribution in [1.29, 1.82) is 0 Å². The first-order valence-electron chi connectivity index (χ1n) is 8.10. The number of para-hydroxylation sites is 1. The number of nitrogens with two attached hydrogens (primary N) is 1. The molecule has 1 aromatic carbocycles. The van der Waals surface area contributed by atoms with Gasteiger partial charge in [-0.3, -0.25) is 4.79 Å². The maximum atomic E-state index is 12.0.